The van der Waals surface area contributed by atoms with E-state index in [1.54, 1.807) is 29.2 Å². The highest BCUT2D eigenvalue weighted by Gasteiger charge is 2.34. The summed E-state index contributed by atoms with van der Waals surface area (Å²) in [7, 11) is -3.53. The summed E-state index contributed by atoms with van der Waals surface area (Å²) in [6.07, 6.45) is 1.16. The van der Waals surface area contributed by atoms with E-state index in [0.717, 1.165) is 6.08 Å². The molecule has 2 fully saturated rings. The fourth-order valence-electron chi connectivity index (χ4n) is 3.17. The van der Waals surface area contributed by atoms with Crippen LogP contribution >= 0.6 is 0 Å². The number of ether oxygens (including phenoxy) is 1. The Kier molecular flexibility index (Phi) is 6.45. The molecule has 3 rings (SSSR count). The lowest BCUT2D eigenvalue weighted by molar-refractivity contribution is -0.111. The number of hydrogen-bond acceptors (Lipinski definition) is 5. The van der Waals surface area contributed by atoms with Gasteiger partial charge >= 0.3 is 0 Å². The molecule has 2 amide bonds. The van der Waals surface area contributed by atoms with Crippen molar-refractivity contribution in [2.75, 3.05) is 57.8 Å². The average Bonchev–Trinajstić information content (AvgIpc) is 2.74. The van der Waals surface area contributed by atoms with Crippen molar-refractivity contribution in [3.63, 3.8) is 0 Å². The van der Waals surface area contributed by atoms with Crippen molar-refractivity contribution in [3.8, 4) is 0 Å². The largest absolute Gasteiger partial charge is 0.379 e. The SMILES string of the molecule is C=CC(=O)Nc1cccc(C(=O)N2CCN(S(=O)(=O)N3CCOCC3)CC2)c1. The number of morpholine rings is 1. The van der Waals surface area contributed by atoms with Crippen molar-refractivity contribution in [1.82, 2.24) is 13.5 Å². The maximum absolute atomic E-state index is 12.8. The van der Waals surface area contributed by atoms with Crippen LogP contribution in [0, 0.1) is 0 Å². The van der Waals surface area contributed by atoms with Crippen LogP contribution in [0.5, 0.6) is 0 Å². The molecular weight excluding hydrogens is 384 g/mol. The Morgan fingerprint density at radius 2 is 1.68 bits per heavy atom. The molecule has 1 aromatic carbocycles. The van der Waals surface area contributed by atoms with Crippen LogP contribution in [-0.2, 0) is 19.7 Å². The van der Waals surface area contributed by atoms with Gasteiger partial charge in [-0.3, -0.25) is 9.59 Å². The Hall–Kier alpha value is -2.27. The molecule has 0 bridgehead atoms. The number of anilines is 1. The van der Waals surface area contributed by atoms with Gasteiger partial charge in [0.1, 0.15) is 0 Å². The normalized spacial score (nSPS) is 19.2. The van der Waals surface area contributed by atoms with Crippen LogP contribution in [0.15, 0.2) is 36.9 Å². The molecule has 2 aliphatic heterocycles. The van der Waals surface area contributed by atoms with Crippen molar-refractivity contribution < 1.29 is 22.7 Å². The molecule has 0 aliphatic carbocycles. The van der Waals surface area contributed by atoms with Crippen LogP contribution in [0.4, 0.5) is 5.69 Å². The zero-order valence-corrected chi connectivity index (χ0v) is 16.4. The molecule has 2 aliphatic rings. The molecular formula is C18H24N4O5S. The monoisotopic (exact) mass is 408 g/mol. The number of nitrogens with one attached hydrogen (secondary N) is 1. The molecule has 0 aromatic heterocycles. The number of piperazine rings is 1. The van der Waals surface area contributed by atoms with E-state index in [9.17, 15) is 18.0 Å². The molecule has 0 unspecified atom stereocenters. The van der Waals surface area contributed by atoms with E-state index in [0.29, 0.717) is 50.6 Å². The summed E-state index contributed by atoms with van der Waals surface area (Å²) in [5.74, 6) is -0.551. The van der Waals surface area contributed by atoms with Crippen molar-refractivity contribution in [3.05, 3.63) is 42.5 Å². The van der Waals surface area contributed by atoms with E-state index in [2.05, 4.69) is 11.9 Å². The number of carbonyl (C=O) groups excluding carboxylic acids is 2. The first-order chi connectivity index (χ1) is 13.4. The van der Waals surface area contributed by atoms with E-state index < -0.39 is 10.2 Å². The molecule has 0 radical (unpaired) electrons. The Labute approximate surface area is 164 Å². The molecule has 2 saturated heterocycles. The van der Waals surface area contributed by atoms with E-state index in [-0.39, 0.29) is 24.9 Å². The van der Waals surface area contributed by atoms with Gasteiger partial charge in [0.15, 0.2) is 0 Å². The molecule has 10 heteroatoms. The van der Waals surface area contributed by atoms with Gasteiger partial charge in [-0.2, -0.15) is 17.0 Å². The lowest BCUT2D eigenvalue weighted by Gasteiger charge is -2.37. The molecule has 0 atom stereocenters. The van der Waals surface area contributed by atoms with Gasteiger partial charge in [-0.15, -0.1) is 0 Å². The van der Waals surface area contributed by atoms with Gasteiger partial charge in [-0.25, -0.2) is 0 Å². The Morgan fingerprint density at radius 1 is 1.04 bits per heavy atom. The van der Waals surface area contributed by atoms with Crippen molar-refractivity contribution in [1.29, 1.82) is 0 Å². The number of hydrogen-bond donors (Lipinski definition) is 1. The van der Waals surface area contributed by atoms with E-state index in [1.807, 2.05) is 0 Å². The third-order valence-electron chi connectivity index (χ3n) is 4.71. The minimum atomic E-state index is -3.53. The van der Waals surface area contributed by atoms with Crippen LogP contribution in [0.2, 0.25) is 0 Å². The molecule has 9 nitrogen and oxygen atoms in total. The Bertz CT molecular complexity index is 843. The number of benzene rings is 1. The molecule has 1 aromatic rings. The van der Waals surface area contributed by atoms with E-state index in [1.165, 1.54) is 8.61 Å². The Morgan fingerprint density at radius 3 is 2.32 bits per heavy atom. The number of nitrogens with zero attached hydrogens (tertiary/aromatic N) is 3. The summed E-state index contributed by atoms with van der Waals surface area (Å²) in [4.78, 5) is 25.8. The third kappa shape index (κ3) is 4.58. The molecule has 1 N–H and O–H groups in total. The molecule has 0 saturated carbocycles. The highest BCUT2D eigenvalue weighted by Crippen LogP contribution is 2.17. The maximum atomic E-state index is 12.8. The molecule has 152 valence electrons. The zero-order valence-electron chi connectivity index (χ0n) is 15.5. The van der Waals surface area contributed by atoms with Gasteiger partial charge in [-0.1, -0.05) is 12.6 Å². The van der Waals surface area contributed by atoms with Crippen molar-refractivity contribution >= 4 is 27.7 Å². The second-order valence-corrected chi connectivity index (χ2v) is 8.41. The molecule has 0 spiro atoms. The van der Waals surface area contributed by atoms with Gasteiger partial charge in [0.05, 0.1) is 13.2 Å². The fraction of sp³-hybridized carbons (Fsp3) is 0.444. The van der Waals surface area contributed by atoms with Crippen LogP contribution in [0.3, 0.4) is 0 Å². The second kappa shape index (κ2) is 8.82. The highest BCUT2D eigenvalue weighted by atomic mass is 32.2. The summed E-state index contributed by atoms with van der Waals surface area (Å²) >= 11 is 0. The second-order valence-electron chi connectivity index (χ2n) is 6.48. The summed E-state index contributed by atoms with van der Waals surface area (Å²) in [6.45, 7) is 6.02. The first kappa shape index (κ1) is 20.5. The summed E-state index contributed by atoms with van der Waals surface area (Å²) < 4.78 is 33.5. The zero-order chi connectivity index (χ0) is 20.1. The van der Waals surface area contributed by atoms with E-state index in [4.69, 9.17) is 4.74 Å². The number of amides is 2. The van der Waals surface area contributed by atoms with Crippen LogP contribution < -0.4 is 5.32 Å². The van der Waals surface area contributed by atoms with Crippen LogP contribution in [-0.4, -0.2) is 86.2 Å². The lowest BCUT2D eigenvalue weighted by Crippen LogP contribution is -2.55. The predicted octanol–water partition coefficient (Wildman–Crippen LogP) is 0.146. The Balaban J connectivity index is 1.61. The van der Waals surface area contributed by atoms with Crippen molar-refractivity contribution in [2.24, 2.45) is 0 Å². The van der Waals surface area contributed by atoms with Gasteiger partial charge in [0.2, 0.25) is 5.91 Å². The van der Waals surface area contributed by atoms with Gasteiger partial charge in [-0.05, 0) is 24.3 Å². The number of carbonyl (C=O) groups is 2. The first-order valence-corrected chi connectivity index (χ1v) is 10.5. The quantitative estimate of drug-likeness (QED) is 0.699. The lowest BCUT2D eigenvalue weighted by atomic mass is 10.1. The standard InChI is InChI=1S/C18H24N4O5S/c1-2-17(23)19-16-5-3-4-15(14-16)18(24)20-6-8-21(9-7-20)28(25,26)22-10-12-27-13-11-22/h2-5,14H,1,6-13H2,(H,19,23). The first-order valence-electron chi connectivity index (χ1n) is 9.07. The van der Waals surface area contributed by atoms with Gasteiger partial charge < -0.3 is 15.0 Å². The third-order valence-corrected chi connectivity index (χ3v) is 6.75. The summed E-state index contributed by atoms with van der Waals surface area (Å²) in [5, 5.41) is 2.62. The minimum Gasteiger partial charge on any atom is -0.379 e. The van der Waals surface area contributed by atoms with Crippen LogP contribution in [0.25, 0.3) is 0 Å². The summed E-state index contributed by atoms with van der Waals surface area (Å²) in [6, 6.07) is 6.64. The van der Waals surface area contributed by atoms with Gasteiger partial charge in [0.25, 0.3) is 16.1 Å². The molecule has 2 heterocycles. The van der Waals surface area contributed by atoms with E-state index >= 15 is 0 Å². The van der Waals surface area contributed by atoms with Crippen LogP contribution in [0.1, 0.15) is 10.4 Å². The highest BCUT2D eigenvalue weighted by molar-refractivity contribution is 7.86. The maximum Gasteiger partial charge on any atom is 0.282 e. The minimum absolute atomic E-state index is 0.196. The molecule has 28 heavy (non-hydrogen) atoms. The summed E-state index contributed by atoms with van der Waals surface area (Å²) in [5.41, 5.74) is 0.940. The smallest absolute Gasteiger partial charge is 0.282 e. The average molecular weight is 408 g/mol. The topological polar surface area (TPSA) is 99.3 Å². The predicted molar refractivity (Wildman–Crippen MR) is 104 cm³/mol. The van der Waals surface area contributed by atoms with Crippen molar-refractivity contribution in [2.45, 2.75) is 0 Å². The fourth-order valence-corrected chi connectivity index (χ4v) is 4.73. The van der Waals surface area contributed by atoms with Gasteiger partial charge in [0, 0.05) is 50.5 Å². The number of rotatable bonds is 5.